The van der Waals surface area contributed by atoms with Crippen molar-refractivity contribution in [2.75, 3.05) is 11.5 Å². The molecule has 0 aliphatic carbocycles. The summed E-state index contributed by atoms with van der Waals surface area (Å²) in [6, 6.07) is 19.1. The molecule has 0 saturated heterocycles. The van der Waals surface area contributed by atoms with E-state index >= 15 is 0 Å². The van der Waals surface area contributed by atoms with Crippen LogP contribution < -0.4 is 9.64 Å². The zero-order valence-electron chi connectivity index (χ0n) is 17.0. The van der Waals surface area contributed by atoms with Crippen LogP contribution in [0.2, 0.25) is 0 Å². The molecule has 0 atom stereocenters. The molecule has 0 saturated carbocycles. The number of para-hydroxylation sites is 1. The molecule has 2 heterocycles. The summed E-state index contributed by atoms with van der Waals surface area (Å²) in [5, 5.41) is 0.676. The molecule has 2 aromatic heterocycles. The second-order valence-electron chi connectivity index (χ2n) is 6.78. The van der Waals surface area contributed by atoms with Crippen molar-refractivity contribution in [3.8, 4) is 5.75 Å². The molecule has 0 aliphatic rings. The van der Waals surface area contributed by atoms with Crippen molar-refractivity contribution in [1.82, 2.24) is 9.97 Å². The van der Waals surface area contributed by atoms with Crippen LogP contribution in [-0.2, 0) is 13.0 Å². The van der Waals surface area contributed by atoms with Crippen molar-refractivity contribution in [3.05, 3.63) is 83.7 Å². The molecule has 4 rings (SSSR count). The van der Waals surface area contributed by atoms with Gasteiger partial charge in [-0.25, -0.2) is 4.98 Å². The van der Waals surface area contributed by atoms with E-state index in [9.17, 15) is 4.79 Å². The second kappa shape index (κ2) is 9.05. The van der Waals surface area contributed by atoms with E-state index in [1.54, 1.807) is 23.2 Å². The standard InChI is InChI=1S/C24H23N3O2S/c1-3-17-8-7-10-21-22(17)26-24(30-21)27(16-19-9-5-6-15-25-19)23(28)18-11-13-20(14-12-18)29-4-2/h5-15H,3-4,16H2,1-2H3. The van der Waals surface area contributed by atoms with Gasteiger partial charge in [-0.3, -0.25) is 14.7 Å². The number of ether oxygens (including phenoxy) is 1. The first-order valence-corrected chi connectivity index (χ1v) is 10.8. The lowest BCUT2D eigenvalue weighted by molar-refractivity contribution is 0.0985. The van der Waals surface area contributed by atoms with Gasteiger partial charge in [0.25, 0.3) is 5.91 Å². The number of benzene rings is 2. The van der Waals surface area contributed by atoms with Crippen molar-refractivity contribution in [1.29, 1.82) is 0 Å². The van der Waals surface area contributed by atoms with Crippen LogP contribution in [-0.4, -0.2) is 22.5 Å². The normalized spacial score (nSPS) is 10.9. The monoisotopic (exact) mass is 417 g/mol. The fraction of sp³-hybridized carbons (Fsp3) is 0.208. The van der Waals surface area contributed by atoms with Gasteiger partial charge in [0.15, 0.2) is 5.13 Å². The van der Waals surface area contributed by atoms with Crippen molar-refractivity contribution in [3.63, 3.8) is 0 Å². The Labute approximate surface area is 180 Å². The fourth-order valence-corrected chi connectivity index (χ4v) is 4.30. The average molecular weight is 418 g/mol. The van der Waals surface area contributed by atoms with E-state index in [1.807, 2.05) is 43.3 Å². The summed E-state index contributed by atoms with van der Waals surface area (Å²) >= 11 is 1.53. The third-order valence-corrected chi connectivity index (χ3v) is 5.85. The maximum Gasteiger partial charge on any atom is 0.260 e. The van der Waals surface area contributed by atoms with Crippen LogP contribution in [0, 0.1) is 0 Å². The zero-order chi connectivity index (χ0) is 20.9. The van der Waals surface area contributed by atoms with Crippen LogP contribution in [0.3, 0.4) is 0 Å². The molecule has 1 amide bonds. The molecule has 0 N–H and O–H groups in total. The number of pyridine rings is 1. The van der Waals surface area contributed by atoms with Crippen LogP contribution in [0.1, 0.15) is 35.5 Å². The number of hydrogen-bond acceptors (Lipinski definition) is 5. The number of anilines is 1. The van der Waals surface area contributed by atoms with E-state index in [4.69, 9.17) is 9.72 Å². The Morgan fingerprint density at radius 3 is 2.57 bits per heavy atom. The smallest absolute Gasteiger partial charge is 0.260 e. The van der Waals surface area contributed by atoms with E-state index in [-0.39, 0.29) is 5.91 Å². The lowest BCUT2D eigenvalue weighted by Crippen LogP contribution is -2.30. The SMILES string of the molecule is CCOc1ccc(C(=O)N(Cc2ccccn2)c2nc3c(CC)cccc3s2)cc1. The third kappa shape index (κ3) is 4.19. The van der Waals surface area contributed by atoms with Gasteiger partial charge < -0.3 is 4.74 Å². The molecule has 30 heavy (non-hydrogen) atoms. The molecule has 0 radical (unpaired) electrons. The summed E-state index contributed by atoms with van der Waals surface area (Å²) < 4.78 is 6.58. The number of thiazole rings is 1. The molecule has 6 heteroatoms. The number of hydrogen-bond donors (Lipinski definition) is 0. The first-order chi connectivity index (χ1) is 14.7. The first-order valence-electron chi connectivity index (χ1n) is 10.0. The van der Waals surface area contributed by atoms with Crippen molar-refractivity contribution >= 4 is 32.6 Å². The van der Waals surface area contributed by atoms with Gasteiger partial charge in [0.2, 0.25) is 0 Å². The summed E-state index contributed by atoms with van der Waals surface area (Å²) in [5.41, 5.74) is 3.54. The minimum Gasteiger partial charge on any atom is -0.494 e. The average Bonchev–Trinajstić information content (AvgIpc) is 3.22. The molecular weight excluding hydrogens is 394 g/mol. The Morgan fingerprint density at radius 2 is 1.87 bits per heavy atom. The number of aromatic nitrogens is 2. The Morgan fingerprint density at radius 1 is 1.03 bits per heavy atom. The van der Waals surface area contributed by atoms with Crippen LogP contribution in [0.4, 0.5) is 5.13 Å². The summed E-state index contributed by atoms with van der Waals surface area (Å²) in [5.74, 6) is 0.638. The number of nitrogens with zero attached hydrogens (tertiary/aromatic N) is 3. The van der Waals surface area contributed by atoms with Gasteiger partial charge >= 0.3 is 0 Å². The lowest BCUT2D eigenvalue weighted by atomic mass is 10.1. The van der Waals surface area contributed by atoms with Crippen LogP contribution in [0.25, 0.3) is 10.2 Å². The second-order valence-corrected chi connectivity index (χ2v) is 7.79. The molecule has 0 unspecified atom stereocenters. The molecule has 0 aliphatic heterocycles. The highest BCUT2D eigenvalue weighted by Gasteiger charge is 2.23. The van der Waals surface area contributed by atoms with Gasteiger partial charge in [-0.05, 0) is 61.4 Å². The molecular formula is C24H23N3O2S. The number of rotatable bonds is 7. The van der Waals surface area contributed by atoms with E-state index in [1.165, 1.54) is 16.9 Å². The Balaban J connectivity index is 1.73. The molecule has 0 bridgehead atoms. The molecule has 0 fully saturated rings. The van der Waals surface area contributed by atoms with Gasteiger partial charge in [0, 0.05) is 11.8 Å². The molecule has 152 valence electrons. The molecule has 5 nitrogen and oxygen atoms in total. The number of carbonyl (C=O) groups excluding carboxylic acids is 1. The maximum atomic E-state index is 13.5. The van der Waals surface area contributed by atoms with E-state index in [2.05, 4.69) is 24.0 Å². The molecule has 0 spiro atoms. The first kappa shape index (κ1) is 20.0. The number of carbonyl (C=O) groups is 1. The van der Waals surface area contributed by atoms with E-state index in [0.29, 0.717) is 23.8 Å². The van der Waals surface area contributed by atoms with E-state index in [0.717, 1.165) is 28.1 Å². The fourth-order valence-electron chi connectivity index (χ4n) is 3.29. The van der Waals surface area contributed by atoms with Gasteiger partial charge in [0.05, 0.1) is 29.1 Å². The van der Waals surface area contributed by atoms with Gasteiger partial charge in [-0.2, -0.15) is 0 Å². The molecule has 2 aromatic carbocycles. The summed E-state index contributed by atoms with van der Waals surface area (Å²) in [7, 11) is 0. The highest BCUT2D eigenvalue weighted by atomic mass is 32.1. The maximum absolute atomic E-state index is 13.5. The number of amides is 1. The summed E-state index contributed by atoms with van der Waals surface area (Å²) in [6.07, 6.45) is 2.63. The topological polar surface area (TPSA) is 55.3 Å². The van der Waals surface area contributed by atoms with Crippen molar-refractivity contribution in [2.24, 2.45) is 0 Å². The van der Waals surface area contributed by atoms with Crippen LogP contribution in [0.15, 0.2) is 66.9 Å². The number of aryl methyl sites for hydroxylation is 1. The number of fused-ring (bicyclic) bond motifs is 1. The minimum absolute atomic E-state index is 0.110. The minimum atomic E-state index is -0.110. The Kier molecular flexibility index (Phi) is 6.05. The highest BCUT2D eigenvalue weighted by Crippen LogP contribution is 2.32. The largest absolute Gasteiger partial charge is 0.494 e. The quantitative estimate of drug-likeness (QED) is 0.398. The predicted octanol–water partition coefficient (Wildman–Crippen LogP) is 5.50. The summed E-state index contributed by atoms with van der Waals surface area (Å²) in [6.45, 7) is 4.99. The van der Waals surface area contributed by atoms with Crippen molar-refractivity contribution < 1.29 is 9.53 Å². The Bertz CT molecular complexity index is 1140. The highest BCUT2D eigenvalue weighted by molar-refractivity contribution is 7.22. The zero-order valence-corrected chi connectivity index (χ0v) is 17.9. The van der Waals surface area contributed by atoms with E-state index < -0.39 is 0 Å². The van der Waals surface area contributed by atoms with Crippen LogP contribution >= 0.6 is 11.3 Å². The van der Waals surface area contributed by atoms with Crippen molar-refractivity contribution in [2.45, 2.75) is 26.8 Å². The lowest BCUT2D eigenvalue weighted by Gasteiger charge is -2.19. The van der Waals surface area contributed by atoms with Gasteiger partial charge in [-0.1, -0.05) is 36.5 Å². The third-order valence-electron chi connectivity index (χ3n) is 4.81. The van der Waals surface area contributed by atoms with Crippen LogP contribution in [0.5, 0.6) is 5.75 Å². The summed E-state index contributed by atoms with van der Waals surface area (Å²) in [4.78, 5) is 24.4. The molecule has 4 aromatic rings. The van der Waals surface area contributed by atoms with Gasteiger partial charge in [-0.15, -0.1) is 0 Å². The van der Waals surface area contributed by atoms with Gasteiger partial charge in [0.1, 0.15) is 5.75 Å². The predicted molar refractivity (Wildman–Crippen MR) is 121 cm³/mol. The Hall–Kier alpha value is -3.25.